The number of hydrogen-bond acceptors (Lipinski definition) is 8. The SMILES string of the molecule is COc1ccc2c3c1OC1C4(OC)CCC5(CC4CSc4nc(C)ns4)C(C2)N(C)CC[C@]315. The lowest BCUT2D eigenvalue weighted by Crippen LogP contribution is -2.80. The third kappa shape index (κ3) is 2.34. The van der Waals surface area contributed by atoms with E-state index in [9.17, 15) is 0 Å². The highest BCUT2D eigenvalue weighted by Gasteiger charge is 2.80. The third-order valence-electron chi connectivity index (χ3n) is 9.89. The summed E-state index contributed by atoms with van der Waals surface area (Å²) in [5, 5.41) is 0. The normalized spacial score (nSPS) is 39.9. The van der Waals surface area contributed by atoms with Crippen LogP contribution in [0.3, 0.4) is 0 Å². The molecule has 8 heteroatoms. The van der Waals surface area contributed by atoms with Crippen molar-refractivity contribution in [2.45, 2.75) is 66.5 Å². The Balaban J connectivity index is 1.39. The Bertz CT molecular complexity index is 1140. The zero-order chi connectivity index (χ0) is 22.6. The monoisotopic (exact) mass is 485 g/mol. The predicted octanol–water partition coefficient (Wildman–Crippen LogP) is 4.09. The van der Waals surface area contributed by atoms with Crippen molar-refractivity contribution in [2.75, 3.05) is 33.6 Å². The molecular weight excluding hydrogens is 454 g/mol. The van der Waals surface area contributed by atoms with E-state index in [0.29, 0.717) is 12.0 Å². The van der Waals surface area contributed by atoms with Gasteiger partial charge in [-0.2, -0.15) is 4.37 Å². The number of benzene rings is 1. The smallest absolute Gasteiger partial charge is 0.170 e. The van der Waals surface area contributed by atoms with E-state index in [2.05, 4.69) is 33.4 Å². The number of aryl methyl sites for hydroxylation is 1. The lowest BCUT2D eigenvalue weighted by atomic mass is 9.35. The molecule has 5 unspecified atom stereocenters. The van der Waals surface area contributed by atoms with Crippen LogP contribution in [0.2, 0.25) is 0 Å². The molecule has 4 bridgehead atoms. The van der Waals surface area contributed by atoms with E-state index < -0.39 is 0 Å². The average molecular weight is 486 g/mol. The Morgan fingerprint density at radius 1 is 1.27 bits per heavy atom. The van der Waals surface area contributed by atoms with E-state index in [1.165, 1.54) is 35.5 Å². The summed E-state index contributed by atoms with van der Waals surface area (Å²) in [5.41, 5.74) is 2.88. The maximum atomic E-state index is 7.04. The number of thioether (sulfide) groups is 1. The van der Waals surface area contributed by atoms with Crippen molar-refractivity contribution in [3.05, 3.63) is 29.1 Å². The number of likely N-dealkylation sites (N-methyl/N-ethyl adjacent to an activating group) is 1. The lowest BCUT2D eigenvalue weighted by molar-refractivity contribution is -0.271. The Kier molecular flexibility index (Phi) is 4.36. The molecule has 0 radical (unpaired) electrons. The lowest BCUT2D eigenvalue weighted by Gasteiger charge is -2.73. The summed E-state index contributed by atoms with van der Waals surface area (Å²) >= 11 is 3.36. The average Bonchev–Trinajstić information content (AvgIpc) is 3.41. The van der Waals surface area contributed by atoms with E-state index in [1.807, 2.05) is 25.8 Å². The fourth-order valence-electron chi connectivity index (χ4n) is 8.68. The van der Waals surface area contributed by atoms with Crippen molar-refractivity contribution >= 4 is 23.3 Å². The Hall–Kier alpha value is -1.35. The molecule has 2 aliphatic heterocycles. The molecule has 8 rings (SSSR count). The van der Waals surface area contributed by atoms with Gasteiger partial charge in [0.2, 0.25) is 0 Å². The third-order valence-corrected chi connectivity index (χ3v) is 12.0. The standard InChI is InChI=1S/C25H31N3O3S2/c1-14-26-22(33-27-14)32-13-16-12-23-7-8-25(16,30-4)21-24(23)9-10-28(2)18(23)11-15-5-6-17(29-3)20(31-21)19(15)24/h5-6,16,18,21H,7-13H2,1-4H3/t16?,18?,21?,23?,24-,25?/m0/s1. The maximum Gasteiger partial charge on any atom is 0.170 e. The maximum absolute atomic E-state index is 7.04. The van der Waals surface area contributed by atoms with Crippen molar-refractivity contribution < 1.29 is 14.2 Å². The zero-order valence-electron chi connectivity index (χ0n) is 19.7. The molecular formula is C25H31N3O3S2. The van der Waals surface area contributed by atoms with Crippen molar-refractivity contribution in [1.82, 2.24) is 14.3 Å². The molecule has 2 aromatic rings. The van der Waals surface area contributed by atoms with Gasteiger partial charge in [0.25, 0.3) is 0 Å². The first-order valence-corrected chi connectivity index (χ1v) is 13.8. The minimum atomic E-state index is -0.284. The van der Waals surface area contributed by atoms with E-state index >= 15 is 0 Å². The number of ether oxygens (including phenoxy) is 3. The summed E-state index contributed by atoms with van der Waals surface area (Å²) in [6.45, 7) is 3.09. The number of aromatic nitrogens is 2. The van der Waals surface area contributed by atoms with Gasteiger partial charge < -0.3 is 19.1 Å². The number of fused-ring (bicyclic) bond motifs is 2. The summed E-state index contributed by atoms with van der Waals surface area (Å²) in [6, 6.07) is 4.97. The van der Waals surface area contributed by atoms with Crippen molar-refractivity contribution in [3.63, 3.8) is 0 Å². The van der Waals surface area contributed by atoms with Gasteiger partial charge in [-0.05, 0) is 75.8 Å². The van der Waals surface area contributed by atoms with E-state index in [-0.39, 0.29) is 22.5 Å². The minimum Gasteiger partial charge on any atom is -0.493 e. The summed E-state index contributed by atoms with van der Waals surface area (Å²) in [5.74, 6) is 4.16. The van der Waals surface area contributed by atoms with Gasteiger partial charge in [-0.25, -0.2) is 4.98 Å². The summed E-state index contributed by atoms with van der Waals surface area (Å²) < 4.78 is 24.9. The van der Waals surface area contributed by atoms with Gasteiger partial charge in [0, 0.05) is 41.2 Å². The molecule has 33 heavy (non-hydrogen) atoms. The number of nitrogens with zero attached hydrogens (tertiary/aromatic N) is 3. The van der Waals surface area contributed by atoms with Crippen molar-refractivity contribution in [2.24, 2.45) is 11.3 Å². The summed E-state index contributed by atoms with van der Waals surface area (Å²) in [4.78, 5) is 7.27. The molecule has 0 N–H and O–H groups in total. The number of likely N-dealkylation sites (tertiary alicyclic amines) is 1. The first-order chi connectivity index (χ1) is 16.0. The highest BCUT2D eigenvalue weighted by Crippen LogP contribution is 2.76. The Morgan fingerprint density at radius 3 is 2.91 bits per heavy atom. The molecule has 4 aliphatic carbocycles. The van der Waals surface area contributed by atoms with Crippen LogP contribution in [0.4, 0.5) is 0 Å². The molecule has 1 aromatic carbocycles. The highest BCUT2D eigenvalue weighted by atomic mass is 32.2. The molecule has 6 nitrogen and oxygen atoms in total. The van der Waals surface area contributed by atoms with Gasteiger partial charge in [0.15, 0.2) is 15.8 Å². The van der Waals surface area contributed by atoms with E-state index in [4.69, 9.17) is 14.2 Å². The van der Waals surface area contributed by atoms with Crippen LogP contribution in [0.1, 0.15) is 42.6 Å². The van der Waals surface area contributed by atoms with Gasteiger partial charge in [-0.3, -0.25) is 0 Å². The Morgan fingerprint density at radius 2 is 2.15 bits per heavy atom. The van der Waals surface area contributed by atoms with Crippen LogP contribution in [0.15, 0.2) is 16.5 Å². The number of rotatable bonds is 5. The molecule has 4 fully saturated rings. The van der Waals surface area contributed by atoms with Gasteiger partial charge in [0.1, 0.15) is 17.5 Å². The summed E-state index contributed by atoms with van der Waals surface area (Å²) in [7, 11) is 6.02. The first-order valence-electron chi connectivity index (χ1n) is 12.0. The van der Waals surface area contributed by atoms with Gasteiger partial charge in [-0.15, -0.1) is 0 Å². The number of methoxy groups -OCH3 is 2. The topological polar surface area (TPSA) is 56.7 Å². The molecule has 6 aliphatic rings. The zero-order valence-corrected chi connectivity index (χ0v) is 21.4. The fourth-order valence-corrected chi connectivity index (χ4v) is 10.6. The number of hydrogen-bond donors (Lipinski definition) is 0. The largest absolute Gasteiger partial charge is 0.493 e. The highest BCUT2D eigenvalue weighted by molar-refractivity contribution is 8.00. The Labute approximate surface area is 203 Å². The van der Waals surface area contributed by atoms with Crippen LogP contribution in [-0.4, -0.2) is 65.6 Å². The summed E-state index contributed by atoms with van der Waals surface area (Å²) in [6.07, 6.45) is 5.75. The fraction of sp³-hybridized carbons (Fsp3) is 0.680. The van der Waals surface area contributed by atoms with Gasteiger partial charge in [-0.1, -0.05) is 17.8 Å². The van der Waals surface area contributed by atoms with Crippen LogP contribution in [0.25, 0.3) is 0 Å². The second kappa shape index (κ2) is 6.86. The van der Waals surface area contributed by atoms with Crippen molar-refractivity contribution in [1.29, 1.82) is 0 Å². The number of piperidine rings is 1. The molecule has 1 aromatic heterocycles. The predicted molar refractivity (Wildman–Crippen MR) is 129 cm³/mol. The van der Waals surface area contributed by atoms with Gasteiger partial charge >= 0.3 is 0 Å². The van der Waals surface area contributed by atoms with Crippen molar-refractivity contribution in [3.8, 4) is 11.5 Å². The molecule has 3 saturated carbocycles. The second-order valence-electron chi connectivity index (χ2n) is 10.7. The first kappa shape index (κ1) is 21.0. The molecule has 176 valence electrons. The van der Waals surface area contributed by atoms with Crippen LogP contribution < -0.4 is 9.47 Å². The van der Waals surface area contributed by atoms with Crippen LogP contribution >= 0.6 is 23.3 Å². The van der Waals surface area contributed by atoms with Crippen LogP contribution in [0, 0.1) is 18.3 Å². The quantitative estimate of drug-likeness (QED) is 0.591. The molecule has 0 amide bonds. The minimum absolute atomic E-state index is 0.0242. The molecule has 3 heterocycles. The van der Waals surface area contributed by atoms with E-state index in [0.717, 1.165) is 53.2 Å². The second-order valence-corrected chi connectivity index (χ2v) is 12.7. The molecule has 2 spiro atoms. The van der Waals surface area contributed by atoms with Gasteiger partial charge in [0.05, 0.1) is 7.11 Å². The molecule has 6 atom stereocenters. The van der Waals surface area contributed by atoms with Crippen LogP contribution in [0.5, 0.6) is 11.5 Å². The molecule has 1 saturated heterocycles. The van der Waals surface area contributed by atoms with Crippen LogP contribution in [-0.2, 0) is 16.6 Å². The van der Waals surface area contributed by atoms with E-state index in [1.54, 1.807) is 7.11 Å².